The lowest BCUT2D eigenvalue weighted by molar-refractivity contribution is 1.06. The highest BCUT2D eigenvalue weighted by atomic mass is 15.0. The van der Waals surface area contributed by atoms with Crippen LogP contribution in [0.25, 0.3) is 5.65 Å². The largest absolute Gasteiger partial charge is 0.290 e. The van der Waals surface area contributed by atoms with Crippen LogP contribution in [-0.2, 0) is 0 Å². The van der Waals surface area contributed by atoms with Crippen molar-refractivity contribution >= 4 is 5.65 Å². The maximum absolute atomic E-state index is 5.46. The summed E-state index contributed by atoms with van der Waals surface area (Å²) < 4.78 is 2.02. The van der Waals surface area contributed by atoms with E-state index >= 15 is 0 Å². The first-order valence-corrected chi connectivity index (χ1v) is 4.56. The molecule has 0 aliphatic heterocycles. The summed E-state index contributed by atoms with van der Waals surface area (Å²) in [7, 11) is 0. The number of aromatic nitrogens is 2. The standard InChI is InChI=1S/C12H12N2/c1-5-11-10(4)13-12-7-8(2)6-9(3)14(11)12/h1,6-7H,2-4H3. The Kier molecular flexibility index (Phi) is 1.82. The van der Waals surface area contributed by atoms with Crippen LogP contribution in [0.1, 0.15) is 22.6 Å². The van der Waals surface area contributed by atoms with Crippen LogP contribution < -0.4 is 0 Å². The lowest BCUT2D eigenvalue weighted by atomic mass is 10.2. The van der Waals surface area contributed by atoms with Crippen molar-refractivity contribution in [2.24, 2.45) is 0 Å². The van der Waals surface area contributed by atoms with Crippen molar-refractivity contribution in [1.82, 2.24) is 9.38 Å². The van der Waals surface area contributed by atoms with Crippen LogP contribution in [0.5, 0.6) is 0 Å². The van der Waals surface area contributed by atoms with Crippen molar-refractivity contribution in [3.8, 4) is 12.3 Å². The zero-order chi connectivity index (χ0) is 10.3. The van der Waals surface area contributed by atoms with Gasteiger partial charge in [-0.15, -0.1) is 6.42 Å². The monoisotopic (exact) mass is 184 g/mol. The quantitative estimate of drug-likeness (QED) is 0.574. The summed E-state index contributed by atoms with van der Waals surface area (Å²) in [6, 6.07) is 4.15. The molecule has 0 aliphatic carbocycles. The second-order valence-electron chi connectivity index (χ2n) is 3.56. The number of terminal acetylenes is 1. The van der Waals surface area contributed by atoms with E-state index in [9.17, 15) is 0 Å². The molecule has 0 bridgehead atoms. The predicted octanol–water partition coefficient (Wildman–Crippen LogP) is 2.24. The molecule has 0 atom stereocenters. The van der Waals surface area contributed by atoms with Gasteiger partial charge < -0.3 is 0 Å². The highest BCUT2D eigenvalue weighted by Gasteiger charge is 2.08. The summed E-state index contributed by atoms with van der Waals surface area (Å²) in [5, 5.41) is 0. The van der Waals surface area contributed by atoms with Crippen molar-refractivity contribution < 1.29 is 0 Å². The number of pyridine rings is 1. The number of aryl methyl sites for hydroxylation is 3. The van der Waals surface area contributed by atoms with Gasteiger partial charge in [0.2, 0.25) is 0 Å². The van der Waals surface area contributed by atoms with Gasteiger partial charge in [-0.25, -0.2) is 4.98 Å². The zero-order valence-corrected chi connectivity index (χ0v) is 8.63. The van der Waals surface area contributed by atoms with E-state index in [2.05, 4.69) is 23.9 Å². The Labute approximate surface area is 83.6 Å². The Morgan fingerprint density at radius 2 is 2.00 bits per heavy atom. The van der Waals surface area contributed by atoms with Gasteiger partial charge in [-0.2, -0.15) is 0 Å². The molecule has 2 nitrogen and oxygen atoms in total. The van der Waals surface area contributed by atoms with Crippen LogP contribution in [-0.4, -0.2) is 9.38 Å². The summed E-state index contributed by atoms with van der Waals surface area (Å²) in [4.78, 5) is 4.43. The Balaban J connectivity index is 2.97. The molecular formula is C12H12N2. The summed E-state index contributed by atoms with van der Waals surface area (Å²) in [5.41, 5.74) is 5.06. The van der Waals surface area contributed by atoms with Gasteiger partial charge in [-0.1, -0.05) is 0 Å². The highest BCUT2D eigenvalue weighted by Crippen LogP contribution is 2.15. The molecule has 2 rings (SSSR count). The van der Waals surface area contributed by atoms with E-state index in [1.165, 1.54) is 5.56 Å². The first-order chi connectivity index (χ1) is 6.63. The lowest BCUT2D eigenvalue weighted by Gasteiger charge is -2.02. The van der Waals surface area contributed by atoms with Crippen molar-refractivity contribution in [3.63, 3.8) is 0 Å². The molecular weight excluding hydrogens is 172 g/mol. The van der Waals surface area contributed by atoms with E-state index in [0.29, 0.717) is 0 Å². The van der Waals surface area contributed by atoms with Crippen LogP contribution in [0.15, 0.2) is 12.1 Å². The van der Waals surface area contributed by atoms with Gasteiger partial charge in [-0.05, 0) is 44.4 Å². The summed E-state index contributed by atoms with van der Waals surface area (Å²) in [6.07, 6.45) is 5.46. The molecule has 2 aromatic rings. The second-order valence-corrected chi connectivity index (χ2v) is 3.56. The number of imidazole rings is 1. The van der Waals surface area contributed by atoms with E-state index in [0.717, 1.165) is 22.7 Å². The topological polar surface area (TPSA) is 17.3 Å². The average Bonchev–Trinajstić information content (AvgIpc) is 2.40. The molecule has 2 aromatic heterocycles. The van der Waals surface area contributed by atoms with Crippen molar-refractivity contribution in [2.45, 2.75) is 20.8 Å². The molecule has 0 fully saturated rings. The fraction of sp³-hybridized carbons (Fsp3) is 0.250. The first kappa shape index (κ1) is 8.83. The fourth-order valence-corrected chi connectivity index (χ4v) is 1.81. The zero-order valence-electron chi connectivity index (χ0n) is 8.63. The van der Waals surface area contributed by atoms with Gasteiger partial charge in [-0.3, -0.25) is 4.40 Å². The number of rotatable bonds is 0. The molecule has 0 aromatic carbocycles. The molecule has 0 spiro atoms. The van der Waals surface area contributed by atoms with Gasteiger partial charge in [0, 0.05) is 5.69 Å². The Morgan fingerprint density at radius 1 is 1.29 bits per heavy atom. The van der Waals surface area contributed by atoms with E-state index in [1.54, 1.807) is 0 Å². The summed E-state index contributed by atoms with van der Waals surface area (Å²) in [5.74, 6) is 2.68. The third-order valence-corrected chi connectivity index (χ3v) is 2.36. The van der Waals surface area contributed by atoms with E-state index in [1.807, 2.05) is 24.3 Å². The number of fused-ring (bicyclic) bond motifs is 1. The maximum atomic E-state index is 5.46. The second kappa shape index (κ2) is 2.88. The van der Waals surface area contributed by atoms with Gasteiger partial charge in [0.15, 0.2) is 0 Å². The summed E-state index contributed by atoms with van der Waals surface area (Å²) >= 11 is 0. The number of nitrogens with zero attached hydrogens (tertiary/aromatic N) is 2. The number of hydrogen-bond donors (Lipinski definition) is 0. The first-order valence-electron chi connectivity index (χ1n) is 4.56. The van der Waals surface area contributed by atoms with E-state index in [-0.39, 0.29) is 0 Å². The molecule has 0 amide bonds. The molecule has 2 heteroatoms. The minimum atomic E-state index is 0.859. The average molecular weight is 184 g/mol. The molecule has 14 heavy (non-hydrogen) atoms. The third-order valence-electron chi connectivity index (χ3n) is 2.36. The van der Waals surface area contributed by atoms with Gasteiger partial charge in [0.05, 0.1) is 5.69 Å². The molecule has 0 radical (unpaired) electrons. The highest BCUT2D eigenvalue weighted by molar-refractivity contribution is 5.51. The van der Waals surface area contributed by atoms with E-state index in [4.69, 9.17) is 6.42 Å². The SMILES string of the molecule is C#Cc1c(C)nc2cc(C)cc(C)n12. The van der Waals surface area contributed by atoms with Gasteiger partial charge in [0.25, 0.3) is 0 Å². The molecule has 0 N–H and O–H groups in total. The maximum Gasteiger partial charge on any atom is 0.138 e. The van der Waals surface area contributed by atoms with Crippen LogP contribution in [0.2, 0.25) is 0 Å². The normalized spacial score (nSPS) is 10.4. The lowest BCUT2D eigenvalue weighted by Crippen LogP contribution is -1.95. The Morgan fingerprint density at radius 3 is 2.64 bits per heavy atom. The summed E-state index contributed by atoms with van der Waals surface area (Å²) in [6.45, 7) is 6.05. The van der Waals surface area contributed by atoms with Crippen LogP contribution in [0.3, 0.4) is 0 Å². The predicted molar refractivity (Wildman–Crippen MR) is 57.3 cm³/mol. The molecule has 70 valence electrons. The molecule has 0 saturated heterocycles. The molecule has 2 heterocycles. The minimum Gasteiger partial charge on any atom is -0.290 e. The third kappa shape index (κ3) is 1.10. The van der Waals surface area contributed by atoms with E-state index < -0.39 is 0 Å². The Bertz CT molecular complexity index is 541. The molecule has 0 saturated carbocycles. The minimum absolute atomic E-state index is 0.859. The Hall–Kier alpha value is -1.75. The smallest absolute Gasteiger partial charge is 0.138 e. The molecule has 0 aliphatic rings. The van der Waals surface area contributed by atoms with Gasteiger partial charge >= 0.3 is 0 Å². The van der Waals surface area contributed by atoms with Crippen molar-refractivity contribution in [3.05, 3.63) is 34.8 Å². The van der Waals surface area contributed by atoms with Gasteiger partial charge in [0.1, 0.15) is 11.3 Å². The van der Waals surface area contributed by atoms with Crippen molar-refractivity contribution in [1.29, 1.82) is 0 Å². The van der Waals surface area contributed by atoms with Crippen LogP contribution in [0, 0.1) is 33.1 Å². The molecule has 0 unspecified atom stereocenters. The van der Waals surface area contributed by atoms with Crippen molar-refractivity contribution in [2.75, 3.05) is 0 Å². The van der Waals surface area contributed by atoms with Crippen LogP contribution in [0.4, 0.5) is 0 Å². The number of hydrogen-bond acceptors (Lipinski definition) is 1. The van der Waals surface area contributed by atoms with Crippen LogP contribution >= 0.6 is 0 Å². The fourth-order valence-electron chi connectivity index (χ4n) is 1.81.